The van der Waals surface area contributed by atoms with Crippen LogP contribution in [0.25, 0.3) is 0 Å². The van der Waals surface area contributed by atoms with Gasteiger partial charge in [-0.2, -0.15) is 0 Å². The highest BCUT2D eigenvalue weighted by atomic mass is 16.5. The van der Waals surface area contributed by atoms with Crippen LogP contribution in [0.15, 0.2) is 18.3 Å². The minimum atomic E-state index is 0.301. The van der Waals surface area contributed by atoms with Crippen molar-refractivity contribution in [3.05, 3.63) is 18.3 Å². The molecule has 70 valence electrons. The maximum Gasteiger partial charge on any atom is 0.213 e. The van der Waals surface area contributed by atoms with Gasteiger partial charge >= 0.3 is 0 Å². The highest BCUT2D eigenvalue weighted by Gasteiger charge is 2.18. The fraction of sp³-hybridized carbons (Fsp3) is 0.444. The Balaban J connectivity index is 1.96. The van der Waals surface area contributed by atoms with Crippen LogP contribution in [0.4, 0.5) is 0 Å². The van der Waals surface area contributed by atoms with Crippen LogP contribution in [0, 0.1) is 0 Å². The van der Waals surface area contributed by atoms with Gasteiger partial charge in [-0.25, -0.2) is 4.98 Å². The number of nitrogens with zero attached hydrogens (tertiary/aromatic N) is 1. The third kappa shape index (κ3) is 1.89. The zero-order chi connectivity index (χ0) is 9.10. The number of methoxy groups -OCH3 is 1. The summed E-state index contributed by atoms with van der Waals surface area (Å²) < 4.78 is 10.5. The predicted octanol–water partition coefficient (Wildman–Crippen LogP) is 0.441. The van der Waals surface area contributed by atoms with Crippen molar-refractivity contribution in [2.45, 2.75) is 6.10 Å². The van der Waals surface area contributed by atoms with Crippen molar-refractivity contribution in [3.8, 4) is 11.6 Å². The third-order valence-electron chi connectivity index (χ3n) is 1.97. The van der Waals surface area contributed by atoms with Gasteiger partial charge in [-0.15, -0.1) is 0 Å². The first kappa shape index (κ1) is 8.31. The molecule has 0 bridgehead atoms. The van der Waals surface area contributed by atoms with E-state index in [2.05, 4.69) is 10.3 Å². The van der Waals surface area contributed by atoms with Gasteiger partial charge in [0.1, 0.15) is 11.9 Å². The molecule has 0 spiro atoms. The first-order valence-corrected chi connectivity index (χ1v) is 4.26. The number of nitrogens with one attached hydrogen (secondary N) is 1. The SMILES string of the molecule is COc1ccc(OC2CNC2)cn1. The molecule has 4 heteroatoms. The number of hydrogen-bond donors (Lipinski definition) is 1. The van der Waals surface area contributed by atoms with Crippen molar-refractivity contribution in [1.82, 2.24) is 10.3 Å². The average molecular weight is 180 g/mol. The third-order valence-corrected chi connectivity index (χ3v) is 1.97. The first-order chi connectivity index (χ1) is 6.38. The molecule has 1 fully saturated rings. The summed E-state index contributed by atoms with van der Waals surface area (Å²) >= 11 is 0. The molecule has 4 nitrogen and oxygen atoms in total. The second-order valence-electron chi connectivity index (χ2n) is 2.93. The Bertz CT molecular complexity index is 269. The molecule has 1 aliphatic rings. The topological polar surface area (TPSA) is 43.4 Å². The molecular weight excluding hydrogens is 168 g/mol. The van der Waals surface area contributed by atoms with Gasteiger partial charge in [-0.1, -0.05) is 0 Å². The summed E-state index contributed by atoms with van der Waals surface area (Å²) in [5, 5.41) is 3.13. The second kappa shape index (κ2) is 3.62. The molecule has 2 heterocycles. The monoisotopic (exact) mass is 180 g/mol. The maximum absolute atomic E-state index is 5.57. The zero-order valence-corrected chi connectivity index (χ0v) is 7.49. The smallest absolute Gasteiger partial charge is 0.213 e. The summed E-state index contributed by atoms with van der Waals surface area (Å²) in [6.07, 6.45) is 1.98. The lowest BCUT2D eigenvalue weighted by molar-refractivity contribution is 0.141. The first-order valence-electron chi connectivity index (χ1n) is 4.26. The summed E-state index contributed by atoms with van der Waals surface area (Å²) in [7, 11) is 1.60. The van der Waals surface area contributed by atoms with Crippen molar-refractivity contribution in [2.75, 3.05) is 20.2 Å². The second-order valence-corrected chi connectivity index (χ2v) is 2.93. The van der Waals surface area contributed by atoms with E-state index in [0.29, 0.717) is 12.0 Å². The van der Waals surface area contributed by atoms with E-state index in [4.69, 9.17) is 9.47 Å². The van der Waals surface area contributed by atoms with Gasteiger partial charge in [0.15, 0.2) is 0 Å². The fourth-order valence-corrected chi connectivity index (χ4v) is 1.10. The van der Waals surface area contributed by atoms with Gasteiger partial charge < -0.3 is 14.8 Å². The van der Waals surface area contributed by atoms with Crippen LogP contribution in [0.3, 0.4) is 0 Å². The van der Waals surface area contributed by atoms with Gasteiger partial charge in [0.25, 0.3) is 0 Å². The highest BCUT2D eigenvalue weighted by molar-refractivity contribution is 5.23. The van der Waals surface area contributed by atoms with E-state index >= 15 is 0 Å². The van der Waals surface area contributed by atoms with E-state index in [9.17, 15) is 0 Å². The number of ether oxygens (including phenoxy) is 2. The lowest BCUT2D eigenvalue weighted by Crippen LogP contribution is -2.50. The number of aromatic nitrogens is 1. The molecule has 1 saturated heterocycles. The molecule has 0 radical (unpaired) electrons. The van der Waals surface area contributed by atoms with E-state index in [0.717, 1.165) is 18.8 Å². The van der Waals surface area contributed by atoms with Crippen LogP contribution in [-0.2, 0) is 0 Å². The summed E-state index contributed by atoms with van der Waals surface area (Å²) in [4.78, 5) is 4.04. The lowest BCUT2D eigenvalue weighted by Gasteiger charge is -2.27. The summed E-state index contributed by atoms with van der Waals surface area (Å²) in [6.45, 7) is 1.85. The molecule has 0 unspecified atom stereocenters. The van der Waals surface area contributed by atoms with E-state index in [1.54, 1.807) is 19.4 Å². The number of hydrogen-bond acceptors (Lipinski definition) is 4. The molecule has 0 saturated carbocycles. The fourth-order valence-electron chi connectivity index (χ4n) is 1.10. The van der Waals surface area contributed by atoms with E-state index in [1.165, 1.54) is 0 Å². The van der Waals surface area contributed by atoms with Crippen LogP contribution in [0.2, 0.25) is 0 Å². The largest absolute Gasteiger partial charge is 0.486 e. The average Bonchev–Trinajstić information content (AvgIpc) is 2.12. The number of rotatable bonds is 3. The Morgan fingerprint density at radius 2 is 2.31 bits per heavy atom. The van der Waals surface area contributed by atoms with Crippen LogP contribution in [-0.4, -0.2) is 31.3 Å². The molecule has 2 rings (SSSR count). The van der Waals surface area contributed by atoms with Gasteiger partial charge in [-0.05, 0) is 6.07 Å². The van der Waals surface area contributed by atoms with Crippen molar-refractivity contribution >= 4 is 0 Å². The summed E-state index contributed by atoms with van der Waals surface area (Å²) in [5.74, 6) is 1.41. The minimum Gasteiger partial charge on any atom is -0.486 e. The molecule has 1 N–H and O–H groups in total. The normalized spacial score (nSPS) is 16.4. The molecule has 0 amide bonds. The van der Waals surface area contributed by atoms with Crippen LogP contribution in [0.1, 0.15) is 0 Å². The van der Waals surface area contributed by atoms with Crippen molar-refractivity contribution in [2.24, 2.45) is 0 Å². The molecule has 0 aromatic carbocycles. The van der Waals surface area contributed by atoms with Crippen LogP contribution in [0.5, 0.6) is 11.6 Å². The van der Waals surface area contributed by atoms with Gasteiger partial charge in [0, 0.05) is 19.2 Å². The molecule has 1 aromatic rings. The molecule has 1 aromatic heterocycles. The Hall–Kier alpha value is -1.29. The van der Waals surface area contributed by atoms with Crippen LogP contribution < -0.4 is 14.8 Å². The Morgan fingerprint density at radius 1 is 1.46 bits per heavy atom. The molecule has 0 aliphatic carbocycles. The predicted molar refractivity (Wildman–Crippen MR) is 48.1 cm³/mol. The standard InChI is InChI=1S/C9H12N2O2/c1-12-9-3-2-7(6-11-9)13-8-4-10-5-8/h2-3,6,8,10H,4-5H2,1H3. The molecular formula is C9H12N2O2. The molecule has 1 aliphatic heterocycles. The maximum atomic E-state index is 5.57. The van der Waals surface area contributed by atoms with Gasteiger partial charge in [-0.3, -0.25) is 0 Å². The van der Waals surface area contributed by atoms with Crippen molar-refractivity contribution in [3.63, 3.8) is 0 Å². The minimum absolute atomic E-state index is 0.301. The molecule has 0 atom stereocenters. The van der Waals surface area contributed by atoms with Crippen molar-refractivity contribution < 1.29 is 9.47 Å². The van der Waals surface area contributed by atoms with Crippen molar-refractivity contribution in [1.29, 1.82) is 0 Å². The zero-order valence-electron chi connectivity index (χ0n) is 7.49. The van der Waals surface area contributed by atoms with E-state index < -0.39 is 0 Å². The van der Waals surface area contributed by atoms with E-state index in [1.807, 2.05) is 6.07 Å². The van der Waals surface area contributed by atoms with Gasteiger partial charge in [0.2, 0.25) is 5.88 Å². The summed E-state index contributed by atoms with van der Waals surface area (Å²) in [6, 6.07) is 3.66. The summed E-state index contributed by atoms with van der Waals surface area (Å²) in [5.41, 5.74) is 0. The number of pyridine rings is 1. The Kier molecular flexibility index (Phi) is 2.31. The van der Waals surface area contributed by atoms with Gasteiger partial charge in [0.05, 0.1) is 13.3 Å². The highest BCUT2D eigenvalue weighted by Crippen LogP contribution is 2.15. The quantitative estimate of drug-likeness (QED) is 0.733. The Labute approximate surface area is 76.9 Å². The van der Waals surface area contributed by atoms with E-state index in [-0.39, 0.29) is 0 Å². The van der Waals surface area contributed by atoms with Crippen LogP contribution >= 0.6 is 0 Å². The lowest BCUT2D eigenvalue weighted by atomic mass is 10.2. The Morgan fingerprint density at radius 3 is 2.77 bits per heavy atom. The molecule has 13 heavy (non-hydrogen) atoms.